The van der Waals surface area contributed by atoms with Gasteiger partial charge in [-0.2, -0.15) is 13.2 Å². The lowest BCUT2D eigenvalue weighted by Crippen LogP contribution is -2.35. The Labute approximate surface area is 118 Å². The molecular weight excluding hydrogens is 291 g/mol. The van der Waals surface area contributed by atoms with Gasteiger partial charge >= 0.3 is 18.2 Å². The summed E-state index contributed by atoms with van der Waals surface area (Å²) in [5, 5.41) is 13.4. The van der Waals surface area contributed by atoms with Gasteiger partial charge in [-0.1, -0.05) is 6.07 Å². The number of amides is 2. The van der Waals surface area contributed by atoms with Crippen LogP contribution in [0.15, 0.2) is 18.3 Å². The Kier molecular flexibility index (Phi) is 5.94. The van der Waals surface area contributed by atoms with E-state index in [1.807, 2.05) is 0 Å². The molecule has 0 saturated carbocycles. The Bertz CT molecular complexity index is 489. The Morgan fingerprint density at radius 3 is 2.48 bits per heavy atom. The van der Waals surface area contributed by atoms with Crippen molar-refractivity contribution < 1.29 is 27.9 Å². The van der Waals surface area contributed by atoms with Crippen molar-refractivity contribution in [2.75, 3.05) is 6.54 Å². The molecule has 116 valence electrons. The van der Waals surface area contributed by atoms with Crippen LogP contribution in [0.3, 0.4) is 0 Å². The molecule has 0 radical (unpaired) electrons. The molecule has 1 heterocycles. The molecule has 6 nitrogen and oxygen atoms in total. The van der Waals surface area contributed by atoms with Crippen molar-refractivity contribution in [3.05, 3.63) is 29.6 Å². The highest BCUT2D eigenvalue weighted by molar-refractivity contribution is 5.85. The minimum Gasteiger partial charge on any atom is -0.477 e. The average Bonchev–Trinajstić information content (AvgIpc) is 2.41. The smallest absolute Gasteiger partial charge is 0.389 e. The third-order valence-corrected chi connectivity index (χ3v) is 2.42. The number of pyridine rings is 1. The Morgan fingerprint density at radius 2 is 1.95 bits per heavy atom. The predicted octanol–water partition coefficient (Wildman–Crippen LogP) is 1.92. The number of alkyl halides is 3. The van der Waals surface area contributed by atoms with Crippen LogP contribution in [0.4, 0.5) is 18.0 Å². The van der Waals surface area contributed by atoms with Gasteiger partial charge in [-0.05, 0) is 18.1 Å². The summed E-state index contributed by atoms with van der Waals surface area (Å²) in [5.74, 6) is -1.16. The van der Waals surface area contributed by atoms with E-state index in [0.717, 1.165) is 0 Å². The number of halogens is 3. The number of aromatic carboxylic acids is 1. The van der Waals surface area contributed by atoms with Gasteiger partial charge in [0.1, 0.15) is 5.69 Å². The molecule has 0 saturated heterocycles. The summed E-state index contributed by atoms with van der Waals surface area (Å²) in [6, 6.07) is 2.18. The van der Waals surface area contributed by atoms with Gasteiger partial charge in [0.15, 0.2) is 0 Å². The Balaban J connectivity index is 2.25. The van der Waals surface area contributed by atoms with Crippen molar-refractivity contribution in [1.82, 2.24) is 15.6 Å². The fourth-order valence-corrected chi connectivity index (χ4v) is 1.39. The molecule has 0 aliphatic heterocycles. The number of carboxylic acids is 1. The molecule has 0 unspecified atom stereocenters. The van der Waals surface area contributed by atoms with E-state index in [1.54, 1.807) is 0 Å². The fourth-order valence-electron chi connectivity index (χ4n) is 1.39. The summed E-state index contributed by atoms with van der Waals surface area (Å²) in [6.45, 7) is 0.0134. The number of hydrogen-bond donors (Lipinski definition) is 3. The van der Waals surface area contributed by atoms with Gasteiger partial charge in [0.2, 0.25) is 0 Å². The number of carbonyl (C=O) groups excluding carboxylic acids is 1. The summed E-state index contributed by atoms with van der Waals surface area (Å²) in [7, 11) is 0. The first-order valence-corrected chi connectivity index (χ1v) is 6.04. The second kappa shape index (κ2) is 7.46. The van der Waals surface area contributed by atoms with E-state index in [2.05, 4.69) is 15.6 Å². The molecule has 1 rings (SSSR count). The van der Waals surface area contributed by atoms with Crippen molar-refractivity contribution >= 4 is 12.0 Å². The number of nitrogens with one attached hydrogen (secondary N) is 2. The quantitative estimate of drug-likeness (QED) is 0.700. The van der Waals surface area contributed by atoms with Crippen LogP contribution in [0.25, 0.3) is 0 Å². The molecule has 0 aliphatic carbocycles. The number of urea groups is 1. The van der Waals surface area contributed by atoms with Crippen molar-refractivity contribution in [3.63, 3.8) is 0 Å². The lowest BCUT2D eigenvalue weighted by atomic mass is 10.2. The Morgan fingerprint density at radius 1 is 1.24 bits per heavy atom. The second-order valence-corrected chi connectivity index (χ2v) is 4.19. The molecule has 0 aromatic carbocycles. The number of aromatic nitrogens is 1. The maximum atomic E-state index is 11.9. The predicted molar refractivity (Wildman–Crippen MR) is 66.7 cm³/mol. The van der Waals surface area contributed by atoms with E-state index >= 15 is 0 Å². The van der Waals surface area contributed by atoms with E-state index in [0.29, 0.717) is 5.56 Å². The van der Waals surface area contributed by atoms with Gasteiger partial charge in [0.05, 0.1) is 0 Å². The fraction of sp³-hybridized carbons (Fsp3) is 0.417. The maximum Gasteiger partial charge on any atom is 0.389 e. The van der Waals surface area contributed by atoms with Crippen LogP contribution >= 0.6 is 0 Å². The lowest BCUT2D eigenvalue weighted by Gasteiger charge is -2.09. The average molecular weight is 305 g/mol. The van der Waals surface area contributed by atoms with Crippen molar-refractivity contribution in [3.8, 4) is 0 Å². The number of carboxylic acid groups (broad SMARTS) is 1. The first kappa shape index (κ1) is 16.7. The molecular formula is C12H14F3N3O3. The van der Waals surface area contributed by atoms with Crippen LogP contribution in [0.1, 0.15) is 28.9 Å². The van der Waals surface area contributed by atoms with E-state index < -0.39 is 24.6 Å². The highest BCUT2D eigenvalue weighted by Gasteiger charge is 2.25. The molecule has 0 bridgehead atoms. The van der Waals surface area contributed by atoms with Crippen LogP contribution in [-0.2, 0) is 6.54 Å². The molecule has 0 fully saturated rings. The molecule has 1 aromatic rings. The number of rotatable bonds is 6. The molecule has 3 N–H and O–H groups in total. The zero-order valence-electron chi connectivity index (χ0n) is 10.9. The largest absolute Gasteiger partial charge is 0.477 e. The van der Waals surface area contributed by atoms with Crippen molar-refractivity contribution in [2.24, 2.45) is 0 Å². The van der Waals surface area contributed by atoms with E-state index in [9.17, 15) is 22.8 Å². The zero-order valence-corrected chi connectivity index (χ0v) is 10.9. The summed E-state index contributed by atoms with van der Waals surface area (Å²) in [5.41, 5.74) is 0.459. The molecule has 0 atom stereocenters. The first-order chi connectivity index (χ1) is 9.78. The third-order valence-electron chi connectivity index (χ3n) is 2.42. The summed E-state index contributed by atoms with van der Waals surface area (Å²) in [6.07, 6.45) is -4.07. The van der Waals surface area contributed by atoms with Crippen molar-refractivity contribution in [1.29, 1.82) is 0 Å². The summed E-state index contributed by atoms with van der Waals surface area (Å²) in [4.78, 5) is 25.5. The van der Waals surface area contributed by atoms with Crippen molar-refractivity contribution in [2.45, 2.75) is 25.6 Å². The van der Waals surface area contributed by atoms with Gasteiger partial charge in [0.25, 0.3) is 0 Å². The normalized spacial score (nSPS) is 11.0. The molecule has 0 spiro atoms. The van der Waals surface area contributed by atoms with Gasteiger partial charge < -0.3 is 15.7 Å². The van der Waals surface area contributed by atoms with Crippen LogP contribution in [-0.4, -0.2) is 34.8 Å². The highest BCUT2D eigenvalue weighted by atomic mass is 19.4. The minimum atomic E-state index is -4.23. The van der Waals surface area contributed by atoms with Crippen LogP contribution in [0.2, 0.25) is 0 Å². The van der Waals surface area contributed by atoms with Crippen LogP contribution < -0.4 is 10.6 Å². The maximum absolute atomic E-state index is 11.9. The lowest BCUT2D eigenvalue weighted by molar-refractivity contribution is -0.135. The van der Waals surface area contributed by atoms with Gasteiger partial charge in [-0.25, -0.2) is 14.6 Å². The SMILES string of the molecule is O=C(NCCCC(F)(F)F)NCc1ccc(C(=O)O)nc1. The topological polar surface area (TPSA) is 91.3 Å². The van der Waals surface area contributed by atoms with E-state index in [4.69, 9.17) is 5.11 Å². The van der Waals surface area contributed by atoms with E-state index in [1.165, 1.54) is 18.3 Å². The molecule has 2 amide bonds. The molecule has 1 aromatic heterocycles. The van der Waals surface area contributed by atoms with Gasteiger partial charge in [0, 0.05) is 25.7 Å². The third kappa shape index (κ3) is 7.14. The summed E-state index contributed by atoms with van der Waals surface area (Å²) >= 11 is 0. The van der Waals surface area contributed by atoms with Crippen LogP contribution in [0, 0.1) is 0 Å². The second-order valence-electron chi connectivity index (χ2n) is 4.19. The standard InChI is InChI=1S/C12H14F3N3O3/c13-12(14,15)4-1-5-16-11(21)18-7-8-2-3-9(10(19)20)17-6-8/h2-3,6H,1,4-5,7H2,(H,19,20)(H2,16,18,21). The van der Waals surface area contributed by atoms with Gasteiger partial charge in [-0.15, -0.1) is 0 Å². The number of carbonyl (C=O) groups is 2. The molecule has 0 aliphatic rings. The highest BCUT2D eigenvalue weighted by Crippen LogP contribution is 2.20. The Hall–Kier alpha value is -2.32. The number of hydrogen-bond acceptors (Lipinski definition) is 3. The number of nitrogens with zero attached hydrogens (tertiary/aromatic N) is 1. The first-order valence-electron chi connectivity index (χ1n) is 6.04. The van der Waals surface area contributed by atoms with E-state index in [-0.39, 0.29) is 25.2 Å². The monoisotopic (exact) mass is 305 g/mol. The molecule has 9 heteroatoms. The zero-order chi connectivity index (χ0) is 15.9. The van der Waals surface area contributed by atoms with Crippen LogP contribution in [0.5, 0.6) is 0 Å². The van der Waals surface area contributed by atoms with Gasteiger partial charge in [-0.3, -0.25) is 0 Å². The molecule has 21 heavy (non-hydrogen) atoms. The summed E-state index contributed by atoms with van der Waals surface area (Å²) < 4.78 is 35.6. The minimum absolute atomic E-state index is 0.0818.